The predicted molar refractivity (Wildman–Crippen MR) is 192 cm³/mol. The smallest absolute Gasteiger partial charge is 0.164 e. The molecule has 7 aromatic carbocycles. The van der Waals surface area contributed by atoms with Crippen LogP contribution in [-0.4, -0.2) is 15.0 Å². The number of fused-ring (bicyclic) bond motifs is 5. The van der Waals surface area contributed by atoms with Gasteiger partial charge < -0.3 is 4.42 Å². The minimum Gasteiger partial charge on any atom is -0.455 e. The van der Waals surface area contributed by atoms with Crippen LogP contribution in [0.4, 0.5) is 0 Å². The Morgan fingerprint density at radius 1 is 0.319 bits per heavy atom. The van der Waals surface area contributed by atoms with Crippen molar-refractivity contribution in [2.75, 3.05) is 0 Å². The first-order chi connectivity index (χ1) is 23.3. The van der Waals surface area contributed by atoms with Crippen molar-refractivity contribution in [2.24, 2.45) is 0 Å². The summed E-state index contributed by atoms with van der Waals surface area (Å²) < 4.78 is 6.54. The average Bonchev–Trinajstić information content (AvgIpc) is 3.54. The molecule has 4 heteroatoms. The van der Waals surface area contributed by atoms with Crippen LogP contribution in [0.3, 0.4) is 0 Å². The SMILES string of the molecule is c1ccc(-c2cccc(-c3nc(-c4ccccc4)nc(-c4cc5c6ccccc6oc5c5cc(-c6ccccc6)ccc45)n3)c2)cc1. The molecule has 4 nitrogen and oxygen atoms in total. The number of hydrogen-bond acceptors (Lipinski definition) is 4. The molecule has 2 aromatic heterocycles. The highest BCUT2D eigenvalue weighted by Gasteiger charge is 2.19. The summed E-state index contributed by atoms with van der Waals surface area (Å²) in [5, 5.41) is 4.13. The molecule has 0 bridgehead atoms. The van der Waals surface area contributed by atoms with Crippen LogP contribution in [0.5, 0.6) is 0 Å². The lowest BCUT2D eigenvalue weighted by Gasteiger charge is -2.12. The largest absolute Gasteiger partial charge is 0.455 e. The third kappa shape index (κ3) is 4.84. The lowest BCUT2D eigenvalue weighted by Crippen LogP contribution is -2.01. The zero-order valence-electron chi connectivity index (χ0n) is 25.3. The first kappa shape index (κ1) is 27.0. The van der Waals surface area contributed by atoms with Gasteiger partial charge in [-0.2, -0.15) is 0 Å². The van der Waals surface area contributed by atoms with E-state index < -0.39 is 0 Å². The van der Waals surface area contributed by atoms with Gasteiger partial charge in [-0.25, -0.2) is 15.0 Å². The number of aromatic nitrogens is 3. The molecular formula is C43H27N3O. The van der Waals surface area contributed by atoms with Gasteiger partial charge in [-0.15, -0.1) is 0 Å². The lowest BCUT2D eigenvalue weighted by atomic mass is 9.95. The van der Waals surface area contributed by atoms with Gasteiger partial charge in [0.1, 0.15) is 11.2 Å². The van der Waals surface area contributed by atoms with Gasteiger partial charge in [-0.05, 0) is 51.9 Å². The second-order valence-electron chi connectivity index (χ2n) is 11.6. The minimum absolute atomic E-state index is 0.614. The van der Waals surface area contributed by atoms with Crippen LogP contribution < -0.4 is 0 Å². The molecule has 9 aromatic rings. The fourth-order valence-corrected chi connectivity index (χ4v) is 6.40. The van der Waals surface area contributed by atoms with Crippen LogP contribution in [0.1, 0.15) is 0 Å². The van der Waals surface area contributed by atoms with Crippen molar-refractivity contribution in [3.8, 4) is 56.4 Å². The topological polar surface area (TPSA) is 51.8 Å². The first-order valence-electron chi connectivity index (χ1n) is 15.7. The van der Waals surface area contributed by atoms with E-state index in [9.17, 15) is 0 Å². The summed E-state index contributed by atoms with van der Waals surface area (Å²) in [5.74, 6) is 1.86. The van der Waals surface area contributed by atoms with Gasteiger partial charge in [0, 0.05) is 32.8 Å². The maximum Gasteiger partial charge on any atom is 0.164 e. The van der Waals surface area contributed by atoms with Crippen molar-refractivity contribution in [1.29, 1.82) is 0 Å². The normalized spacial score (nSPS) is 11.4. The maximum absolute atomic E-state index is 6.54. The van der Waals surface area contributed by atoms with E-state index in [1.807, 2.05) is 54.6 Å². The predicted octanol–water partition coefficient (Wildman–Crippen LogP) is 11.3. The molecule has 0 aliphatic heterocycles. The molecule has 0 atom stereocenters. The van der Waals surface area contributed by atoms with Gasteiger partial charge >= 0.3 is 0 Å². The fourth-order valence-electron chi connectivity index (χ4n) is 6.40. The molecule has 0 N–H and O–H groups in total. The molecular weight excluding hydrogens is 574 g/mol. The fraction of sp³-hybridized carbons (Fsp3) is 0. The maximum atomic E-state index is 6.54. The molecule has 0 aliphatic rings. The summed E-state index contributed by atoms with van der Waals surface area (Å²) in [5.41, 5.74) is 9.02. The Morgan fingerprint density at radius 3 is 1.57 bits per heavy atom. The molecule has 0 saturated carbocycles. The van der Waals surface area contributed by atoms with Gasteiger partial charge in [0.05, 0.1) is 0 Å². The molecule has 0 amide bonds. The van der Waals surface area contributed by atoms with Crippen LogP contribution in [0.2, 0.25) is 0 Å². The third-order valence-electron chi connectivity index (χ3n) is 8.72. The van der Waals surface area contributed by atoms with E-state index in [1.54, 1.807) is 0 Å². The Labute approximate surface area is 271 Å². The van der Waals surface area contributed by atoms with Crippen LogP contribution in [-0.2, 0) is 0 Å². The number of rotatable bonds is 5. The van der Waals surface area contributed by atoms with Crippen molar-refractivity contribution in [1.82, 2.24) is 15.0 Å². The third-order valence-corrected chi connectivity index (χ3v) is 8.72. The molecule has 0 radical (unpaired) electrons. The summed E-state index contributed by atoms with van der Waals surface area (Å²) >= 11 is 0. The van der Waals surface area contributed by atoms with Crippen LogP contribution in [0, 0.1) is 0 Å². The zero-order valence-corrected chi connectivity index (χ0v) is 25.3. The Balaban J connectivity index is 1.32. The van der Waals surface area contributed by atoms with Crippen molar-refractivity contribution >= 4 is 32.7 Å². The lowest BCUT2D eigenvalue weighted by molar-refractivity contribution is 0.672. The van der Waals surface area contributed by atoms with Gasteiger partial charge in [-0.3, -0.25) is 0 Å². The average molecular weight is 602 g/mol. The van der Waals surface area contributed by atoms with E-state index in [-0.39, 0.29) is 0 Å². The molecule has 47 heavy (non-hydrogen) atoms. The summed E-state index contributed by atoms with van der Waals surface area (Å²) in [6.45, 7) is 0. The van der Waals surface area contributed by atoms with Gasteiger partial charge in [0.2, 0.25) is 0 Å². The molecule has 0 unspecified atom stereocenters. The molecule has 0 fully saturated rings. The molecule has 0 saturated heterocycles. The van der Waals surface area contributed by atoms with E-state index in [1.165, 1.54) is 0 Å². The van der Waals surface area contributed by atoms with E-state index in [2.05, 4.69) is 109 Å². The highest BCUT2D eigenvalue weighted by atomic mass is 16.3. The van der Waals surface area contributed by atoms with Crippen molar-refractivity contribution in [3.63, 3.8) is 0 Å². The van der Waals surface area contributed by atoms with E-state index in [4.69, 9.17) is 19.4 Å². The van der Waals surface area contributed by atoms with Crippen molar-refractivity contribution < 1.29 is 4.42 Å². The summed E-state index contributed by atoms with van der Waals surface area (Å²) in [6, 6.07) is 56.3. The van der Waals surface area contributed by atoms with E-state index >= 15 is 0 Å². The molecule has 0 spiro atoms. The number of benzene rings is 7. The monoisotopic (exact) mass is 601 g/mol. The number of para-hydroxylation sites is 1. The second kappa shape index (κ2) is 11.2. The van der Waals surface area contributed by atoms with E-state index in [0.717, 1.165) is 71.7 Å². The zero-order chi connectivity index (χ0) is 31.2. The second-order valence-corrected chi connectivity index (χ2v) is 11.6. The molecule has 220 valence electrons. The Hall–Kier alpha value is -6.39. The summed E-state index contributed by atoms with van der Waals surface area (Å²) in [6.07, 6.45) is 0. The standard InChI is InChI=1S/C43H27N3O/c1-4-13-28(14-5-1)31-19-12-20-33(25-31)42-44-41(30-17-8-3-9-18-30)45-43(46-42)38-27-37-35-21-10-11-22-39(35)47-40(37)36-26-32(23-24-34(36)38)29-15-6-2-7-16-29/h1-27H. The first-order valence-corrected chi connectivity index (χ1v) is 15.7. The van der Waals surface area contributed by atoms with Crippen LogP contribution in [0.25, 0.3) is 89.1 Å². The number of hydrogen-bond donors (Lipinski definition) is 0. The molecule has 2 heterocycles. The number of furan rings is 1. The van der Waals surface area contributed by atoms with Gasteiger partial charge in [0.15, 0.2) is 17.5 Å². The van der Waals surface area contributed by atoms with Crippen LogP contribution in [0.15, 0.2) is 168 Å². The van der Waals surface area contributed by atoms with Gasteiger partial charge in [-0.1, -0.05) is 140 Å². The molecule has 9 rings (SSSR count). The summed E-state index contributed by atoms with van der Waals surface area (Å²) in [4.78, 5) is 15.3. The van der Waals surface area contributed by atoms with Crippen molar-refractivity contribution in [3.05, 3.63) is 164 Å². The van der Waals surface area contributed by atoms with Crippen molar-refractivity contribution in [2.45, 2.75) is 0 Å². The Bertz CT molecular complexity index is 2560. The van der Waals surface area contributed by atoms with Gasteiger partial charge in [0.25, 0.3) is 0 Å². The number of nitrogens with zero attached hydrogens (tertiary/aromatic N) is 3. The highest BCUT2D eigenvalue weighted by Crippen LogP contribution is 2.41. The Morgan fingerprint density at radius 2 is 0.851 bits per heavy atom. The molecule has 0 aliphatic carbocycles. The minimum atomic E-state index is 0.614. The summed E-state index contributed by atoms with van der Waals surface area (Å²) in [7, 11) is 0. The quantitative estimate of drug-likeness (QED) is 0.197. The highest BCUT2D eigenvalue weighted by molar-refractivity contribution is 6.19. The Kier molecular flexibility index (Phi) is 6.43. The van der Waals surface area contributed by atoms with Crippen LogP contribution >= 0.6 is 0 Å². The van der Waals surface area contributed by atoms with E-state index in [0.29, 0.717) is 17.5 Å².